The minimum absolute atomic E-state index is 0.0487. The van der Waals surface area contributed by atoms with Crippen LogP contribution in [-0.4, -0.2) is 37.5 Å². The lowest BCUT2D eigenvalue weighted by atomic mass is 9.80. The Hall–Kier alpha value is -2.14. The third-order valence-electron chi connectivity index (χ3n) is 6.07. The quantitative estimate of drug-likeness (QED) is 0.282. The first-order valence-electron chi connectivity index (χ1n) is 12.1. The van der Waals surface area contributed by atoms with Gasteiger partial charge in [0.15, 0.2) is 0 Å². The van der Waals surface area contributed by atoms with Crippen LogP contribution in [0.4, 0.5) is 0 Å². The topological polar surface area (TPSA) is 50.9 Å². The predicted molar refractivity (Wildman–Crippen MR) is 146 cm³/mol. The molecule has 2 aromatic carbocycles. The van der Waals surface area contributed by atoms with Gasteiger partial charge in [-0.25, -0.2) is 0 Å². The Morgan fingerprint density at radius 2 is 1.61 bits per heavy atom. The van der Waals surface area contributed by atoms with Crippen LogP contribution in [0.1, 0.15) is 84.4 Å². The van der Waals surface area contributed by atoms with Gasteiger partial charge < -0.3 is 5.11 Å². The maximum Gasteiger partial charge on any atom is 0.146 e. The van der Waals surface area contributed by atoms with Crippen molar-refractivity contribution in [2.24, 2.45) is 0 Å². The predicted octanol–water partition coefficient (Wildman–Crippen LogP) is 7.15. The lowest BCUT2D eigenvalue weighted by molar-refractivity contribution is 0.438. The van der Waals surface area contributed by atoms with E-state index in [0.29, 0.717) is 16.2 Å². The zero-order chi connectivity index (χ0) is 24.4. The van der Waals surface area contributed by atoms with Crippen molar-refractivity contribution in [3.63, 3.8) is 0 Å². The highest BCUT2D eigenvalue weighted by molar-refractivity contribution is 8.14. The van der Waals surface area contributed by atoms with E-state index in [4.69, 9.17) is 10.2 Å². The van der Waals surface area contributed by atoms with E-state index < -0.39 is 0 Å². The van der Waals surface area contributed by atoms with Crippen molar-refractivity contribution in [2.45, 2.75) is 85.0 Å². The second-order valence-corrected chi connectivity index (χ2v) is 13.2. The van der Waals surface area contributed by atoms with Crippen molar-refractivity contribution < 1.29 is 5.11 Å². The van der Waals surface area contributed by atoms with Crippen LogP contribution >= 0.6 is 10.5 Å². The van der Waals surface area contributed by atoms with E-state index in [0.717, 1.165) is 28.6 Å². The van der Waals surface area contributed by atoms with Crippen molar-refractivity contribution in [3.05, 3.63) is 47.0 Å². The molecule has 0 saturated heterocycles. The van der Waals surface area contributed by atoms with Crippen molar-refractivity contribution in [1.82, 2.24) is 15.0 Å². The molecule has 1 N–H and O–H groups in total. The molecule has 0 fully saturated rings. The number of hydrogen-bond donors (Lipinski definition) is 1. The largest absolute Gasteiger partial charge is 0.505 e. The standard InChI is InChI=1S/C28H41N3OS/c1-9-15-33(8)16-11-10-12-20-13-14-23-24(17-20)30-31(29-23)25-19-21(27(2,3)4)18-22(26(25)32)28(5,6)7/h13-14,17-19,32H,8-12,15-16H2,1-7H3. The fourth-order valence-electron chi connectivity index (χ4n) is 4.03. The van der Waals surface area contributed by atoms with Crippen LogP contribution in [0, 0.1) is 0 Å². The van der Waals surface area contributed by atoms with E-state index >= 15 is 0 Å². The highest BCUT2D eigenvalue weighted by Gasteiger charge is 2.26. The molecule has 1 unspecified atom stereocenters. The zero-order valence-electron chi connectivity index (χ0n) is 21.5. The lowest BCUT2D eigenvalue weighted by Crippen LogP contribution is -2.18. The number of aromatic nitrogens is 3. The van der Waals surface area contributed by atoms with Gasteiger partial charge in [-0.2, -0.15) is 10.5 Å². The number of fused-ring (bicyclic) bond motifs is 1. The SMILES string of the molecule is C=S(CCC)CCCCc1ccc2nn(-c3cc(C(C)(C)C)cc(C(C)(C)C)c3O)nc2c1. The second kappa shape index (κ2) is 10.0. The number of aromatic hydroxyl groups is 1. The van der Waals surface area contributed by atoms with E-state index in [1.165, 1.54) is 36.3 Å². The molecule has 3 rings (SSSR count). The van der Waals surface area contributed by atoms with E-state index in [1.807, 2.05) is 12.1 Å². The molecule has 180 valence electrons. The van der Waals surface area contributed by atoms with Gasteiger partial charge in [0.2, 0.25) is 0 Å². The second-order valence-electron chi connectivity index (χ2n) is 11.2. The Morgan fingerprint density at radius 1 is 0.909 bits per heavy atom. The average molecular weight is 468 g/mol. The number of phenols is 1. The molecule has 0 aliphatic heterocycles. The minimum atomic E-state index is -0.190. The molecule has 0 amide bonds. The molecule has 3 aromatic rings. The Kier molecular flexibility index (Phi) is 7.73. The summed E-state index contributed by atoms with van der Waals surface area (Å²) in [5.41, 5.74) is 5.49. The molecule has 0 spiro atoms. The van der Waals surface area contributed by atoms with Gasteiger partial charge >= 0.3 is 0 Å². The highest BCUT2D eigenvalue weighted by atomic mass is 32.2. The third-order valence-corrected chi connectivity index (χ3v) is 7.92. The number of aryl methyl sites for hydroxylation is 1. The van der Waals surface area contributed by atoms with Crippen molar-refractivity contribution >= 4 is 27.4 Å². The summed E-state index contributed by atoms with van der Waals surface area (Å²) in [6.45, 7) is 15.2. The number of hydrogen-bond acceptors (Lipinski definition) is 3. The molecule has 0 saturated carbocycles. The van der Waals surface area contributed by atoms with Gasteiger partial charge in [0.1, 0.15) is 22.5 Å². The molecular formula is C28H41N3OS. The molecular weight excluding hydrogens is 426 g/mol. The summed E-state index contributed by atoms with van der Waals surface area (Å²) in [7, 11) is 0.313. The Labute approximate surface area is 202 Å². The number of phenolic OH excluding ortho intramolecular Hbond substituents is 1. The summed E-state index contributed by atoms with van der Waals surface area (Å²) in [4.78, 5) is 1.60. The van der Waals surface area contributed by atoms with Gasteiger partial charge in [0.25, 0.3) is 0 Å². The lowest BCUT2D eigenvalue weighted by Gasteiger charge is -2.27. The van der Waals surface area contributed by atoms with Crippen LogP contribution < -0.4 is 0 Å². The molecule has 0 aliphatic carbocycles. The number of nitrogens with zero attached hydrogens (tertiary/aromatic N) is 3. The van der Waals surface area contributed by atoms with Gasteiger partial charge in [0.05, 0.1) is 0 Å². The van der Waals surface area contributed by atoms with Crippen molar-refractivity contribution in [1.29, 1.82) is 0 Å². The van der Waals surface area contributed by atoms with Gasteiger partial charge in [0, 0.05) is 5.56 Å². The Balaban J connectivity index is 1.89. The monoisotopic (exact) mass is 467 g/mol. The van der Waals surface area contributed by atoms with Crippen molar-refractivity contribution in [2.75, 3.05) is 11.5 Å². The minimum Gasteiger partial charge on any atom is -0.505 e. The number of rotatable bonds is 8. The molecule has 1 aromatic heterocycles. The van der Waals surface area contributed by atoms with Crippen LogP contribution in [0.25, 0.3) is 16.7 Å². The first-order valence-corrected chi connectivity index (χ1v) is 13.8. The van der Waals surface area contributed by atoms with Crippen LogP contribution in [0.5, 0.6) is 5.75 Å². The molecule has 0 radical (unpaired) electrons. The van der Waals surface area contributed by atoms with Gasteiger partial charge in [-0.3, -0.25) is 0 Å². The smallest absolute Gasteiger partial charge is 0.146 e. The molecule has 1 atom stereocenters. The highest BCUT2D eigenvalue weighted by Crippen LogP contribution is 2.39. The van der Waals surface area contributed by atoms with Crippen LogP contribution in [0.2, 0.25) is 0 Å². The first kappa shape index (κ1) is 25.5. The van der Waals surface area contributed by atoms with Crippen LogP contribution in [0.3, 0.4) is 0 Å². The van der Waals surface area contributed by atoms with E-state index in [9.17, 15) is 5.11 Å². The maximum atomic E-state index is 11.2. The molecule has 5 heteroatoms. The molecule has 0 aliphatic rings. The Bertz CT molecular complexity index is 1130. The molecule has 33 heavy (non-hydrogen) atoms. The number of unbranched alkanes of at least 4 members (excludes halogenated alkanes) is 1. The molecule has 1 heterocycles. The van der Waals surface area contributed by atoms with Crippen molar-refractivity contribution in [3.8, 4) is 11.4 Å². The van der Waals surface area contributed by atoms with E-state index in [1.54, 1.807) is 4.80 Å². The van der Waals surface area contributed by atoms with E-state index in [2.05, 4.69) is 72.5 Å². The van der Waals surface area contributed by atoms with Gasteiger partial charge in [-0.1, -0.05) is 66.5 Å². The molecule has 4 nitrogen and oxygen atoms in total. The summed E-state index contributed by atoms with van der Waals surface area (Å²) in [5.74, 6) is 7.01. The third kappa shape index (κ3) is 6.26. The number of benzene rings is 2. The Morgan fingerprint density at radius 3 is 2.24 bits per heavy atom. The van der Waals surface area contributed by atoms with Crippen LogP contribution in [-0.2, 0) is 17.3 Å². The summed E-state index contributed by atoms with van der Waals surface area (Å²) in [6.07, 6.45) is 4.67. The maximum absolute atomic E-state index is 11.2. The first-order chi connectivity index (χ1) is 15.4. The zero-order valence-corrected chi connectivity index (χ0v) is 22.4. The van der Waals surface area contributed by atoms with Gasteiger partial charge in [-0.05, 0) is 77.3 Å². The fourth-order valence-corrected chi connectivity index (χ4v) is 5.42. The fraction of sp³-hybridized carbons (Fsp3) is 0.536. The summed E-state index contributed by atoms with van der Waals surface area (Å²) in [6, 6.07) is 10.5. The normalized spacial score (nSPS) is 13.5. The van der Waals surface area contributed by atoms with E-state index in [-0.39, 0.29) is 16.6 Å². The molecule has 0 bridgehead atoms. The summed E-state index contributed by atoms with van der Waals surface area (Å²) >= 11 is 0. The van der Waals surface area contributed by atoms with Gasteiger partial charge in [-0.15, -0.1) is 15.0 Å². The van der Waals surface area contributed by atoms with Crippen LogP contribution in [0.15, 0.2) is 30.3 Å². The summed E-state index contributed by atoms with van der Waals surface area (Å²) < 4.78 is 0. The summed E-state index contributed by atoms with van der Waals surface area (Å²) in [5, 5.41) is 20.6. The average Bonchev–Trinajstić information content (AvgIpc) is 3.13.